The van der Waals surface area contributed by atoms with E-state index in [1.165, 1.54) is 31.6 Å². The number of aryl methyl sites for hydroxylation is 1. The maximum absolute atomic E-state index is 14.0. The van der Waals surface area contributed by atoms with Crippen molar-refractivity contribution < 1.29 is 13.9 Å². The molecule has 0 saturated carbocycles. The number of nitrogens with one attached hydrogen (secondary N) is 1. The maximum atomic E-state index is 14.0. The lowest BCUT2D eigenvalue weighted by Crippen LogP contribution is -2.37. The molecule has 1 atom stereocenters. The summed E-state index contributed by atoms with van der Waals surface area (Å²) in [6.07, 6.45) is 3.37. The number of ether oxygens (including phenoxy) is 1. The molecule has 4 rings (SSSR count). The number of nitrogen functional groups attached to an aromatic ring is 1. The molecule has 2 aromatic heterocycles. The smallest absolute Gasteiger partial charge is 0.255 e. The van der Waals surface area contributed by atoms with Crippen LogP contribution in [0.15, 0.2) is 30.6 Å². The zero-order valence-corrected chi connectivity index (χ0v) is 15.2. The summed E-state index contributed by atoms with van der Waals surface area (Å²) in [6, 6.07) is 3.89. The summed E-state index contributed by atoms with van der Waals surface area (Å²) in [5.74, 6) is -0.298. The molecule has 3 heterocycles. The molecule has 0 saturated heterocycles. The van der Waals surface area contributed by atoms with E-state index in [0.29, 0.717) is 46.1 Å². The molecule has 0 bridgehead atoms. The van der Waals surface area contributed by atoms with Crippen LogP contribution in [-0.4, -0.2) is 33.0 Å². The third kappa shape index (κ3) is 3.11. The van der Waals surface area contributed by atoms with Crippen LogP contribution in [0.1, 0.15) is 33.4 Å². The fraction of sp³-hybridized carbons (Fsp3) is 0.211. The van der Waals surface area contributed by atoms with Gasteiger partial charge in [-0.25, -0.2) is 19.3 Å². The Balaban J connectivity index is 1.81. The number of halogens is 1. The minimum atomic E-state index is -0.433. The van der Waals surface area contributed by atoms with Crippen molar-refractivity contribution in [1.82, 2.24) is 25.3 Å². The zero-order chi connectivity index (χ0) is 19.8. The second kappa shape index (κ2) is 6.84. The van der Waals surface area contributed by atoms with Crippen molar-refractivity contribution in [2.45, 2.75) is 19.4 Å². The molecule has 3 N–H and O–H groups in total. The van der Waals surface area contributed by atoms with Gasteiger partial charge in [-0.05, 0) is 24.6 Å². The molecule has 0 aliphatic carbocycles. The Morgan fingerprint density at radius 2 is 2.07 bits per heavy atom. The van der Waals surface area contributed by atoms with Crippen molar-refractivity contribution in [2.75, 3.05) is 12.8 Å². The first kappa shape index (κ1) is 17.8. The molecule has 3 aromatic rings. The fourth-order valence-corrected chi connectivity index (χ4v) is 3.39. The molecule has 9 heteroatoms. The summed E-state index contributed by atoms with van der Waals surface area (Å²) in [5.41, 5.74) is 8.90. The van der Waals surface area contributed by atoms with Gasteiger partial charge in [-0.3, -0.25) is 9.78 Å². The van der Waals surface area contributed by atoms with E-state index in [-0.39, 0.29) is 11.9 Å². The van der Waals surface area contributed by atoms with Gasteiger partial charge in [0.05, 0.1) is 48.2 Å². The number of hydrogen-bond acceptors (Lipinski definition) is 7. The number of anilines is 1. The van der Waals surface area contributed by atoms with Gasteiger partial charge in [0, 0.05) is 12.0 Å². The van der Waals surface area contributed by atoms with Crippen LogP contribution in [0.3, 0.4) is 0 Å². The van der Waals surface area contributed by atoms with Crippen LogP contribution in [0.5, 0.6) is 5.88 Å². The molecule has 0 radical (unpaired) electrons. The third-order valence-corrected chi connectivity index (χ3v) is 4.60. The first-order valence-electron chi connectivity index (χ1n) is 8.56. The number of carbonyl (C=O) groups is 1. The van der Waals surface area contributed by atoms with Crippen molar-refractivity contribution in [3.05, 3.63) is 58.9 Å². The van der Waals surface area contributed by atoms with E-state index in [2.05, 4.69) is 25.3 Å². The molecule has 1 aliphatic heterocycles. The van der Waals surface area contributed by atoms with E-state index in [9.17, 15) is 9.18 Å². The van der Waals surface area contributed by atoms with E-state index in [1.807, 2.05) is 0 Å². The molecule has 1 aromatic carbocycles. The maximum Gasteiger partial charge on any atom is 0.255 e. The van der Waals surface area contributed by atoms with Crippen molar-refractivity contribution in [2.24, 2.45) is 0 Å². The Morgan fingerprint density at radius 1 is 1.25 bits per heavy atom. The number of nitrogens with zero attached hydrogens (tertiary/aromatic N) is 4. The van der Waals surface area contributed by atoms with Crippen LogP contribution >= 0.6 is 0 Å². The van der Waals surface area contributed by atoms with Crippen molar-refractivity contribution in [3.8, 4) is 17.1 Å². The highest BCUT2D eigenvalue weighted by atomic mass is 19.1. The molecular weight excluding hydrogens is 363 g/mol. The number of benzene rings is 1. The SMILES string of the molecule is COc1cncc(-c2cc(F)ccc2[C@H]2Cc3nc(N)nc(C)c3C(=O)N2)n1. The lowest BCUT2D eigenvalue weighted by atomic mass is 9.90. The number of amides is 1. The van der Waals surface area contributed by atoms with Crippen molar-refractivity contribution >= 4 is 11.9 Å². The van der Waals surface area contributed by atoms with Crippen LogP contribution in [0.4, 0.5) is 10.3 Å². The lowest BCUT2D eigenvalue weighted by molar-refractivity contribution is 0.0922. The fourth-order valence-electron chi connectivity index (χ4n) is 3.39. The Kier molecular flexibility index (Phi) is 4.34. The van der Waals surface area contributed by atoms with Crippen LogP contribution in [0.2, 0.25) is 0 Å². The normalized spacial score (nSPS) is 15.7. The summed E-state index contributed by atoms with van der Waals surface area (Å²) in [4.78, 5) is 29.4. The summed E-state index contributed by atoms with van der Waals surface area (Å²) >= 11 is 0. The van der Waals surface area contributed by atoms with Crippen LogP contribution < -0.4 is 15.8 Å². The van der Waals surface area contributed by atoms with Gasteiger partial charge in [0.25, 0.3) is 5.91 Å². The predicted octanol–water partition coefficient (Wildman–Crippen LogP) is 2.00. The van der Waals surface area contributed by atoms with Gasteiger partial charge in [0.2, 0.25) is 11.8 Å². The van der Waals surface area contributed by atoms with E-state index >= 15 is 0 Å². The molecule has 28 heavy (non-hydrogen) atoms. The van der Waals surface area contributed by atoms with E-state index in [1.54, 1.807) is 13.0 Å². The van der Waals surface area contributed by atoms with Gasteiger partial charge < -0.3 is 15.8 Å². The third-order valence-electron chi connectivity index (χ3n) is 4.60. The van der Waals surface area contributed by atoms with Gasteiger partial charge in [-0.1, -0.05) is 6.07 Å². The number of methoxy groups -OCH3 is 1. The summed E-state index contributed by atoms with van der Waals surface area (Å²) < 4.78 is 19.1. The van der Waals surface area contributed by atoms with Crippen molar-refractivity contribution in [1.29, 1.82) is 0 Å². The Labute approximate surface area is 160 Å². The molecule has 8 nitrogen and oxygen atoms in total. The Morgan fingerprint density at radius 3 is 2.86 bits per heavy atom. The predicted molar refractivity (Wildman–Crippen MR) is 99.1 cm³/mol. The number of aromatic nitrogens is 4. The summed E-state index contributed by atoms with van der Waals surface area (Å²) in [7, 11) is 1.48. The minimum absolute atomic E-state index is 0.114. The molecule has 1 aliphatic rings. The lowest BCUT2D eigenvalue weighted by Gasteiger charge is -2.27. The molecular formula is C19H17FN6O2. The zero-order valence-electron chi connectivity index (χ0n) is 15.2. The van der Waals surface area contributed by atoms with E-state index in [4.69, 9.17) is 10.5 Å². The first-order chi connectivity index (χ1) is 13.5. The quantitative estimate of drug-likeness (QED) is 0.714. The summed E-state index contributed by atoms with van der Waals surface area (Å²) in [5, 5.41) is 2.95. The highest BCUT2D eigenvalue weighted by Crippen LogP contribution is 2.33. The molecule has 142 valence electrons. The van der Waals surface area contributed by atoms with Crippen LogP contribution in [-0.2, 0) is 6.42 Å². The second-order valence-electron chi connectivity index (χ2n) is 6.40. The largest absolute Gasteiger partial charge is 0.480 e. The van der Waals surface area contributed by atoms with Crippen molar-refractivity contribution in [3.63, 3.8) is 0 Å². The number of fused-ring (bicyclic) bond motifs is 1. The Bertz CT molecular complexity index is 1090. The monoisotopic (exact) mass is 380 g/mol. The first-order valence-corrected chi connectivity index (χ1v) is 8.56. The average molecular weight is 380 g/mol. The minimum Gasteiger partial charge on any atom is -0.480 e. The van der Waals surface area contributed by atoms with Gasteiger partial charge in [0.1, 0.15) is 5.82 Å². The Hall–Kier alpha value is -3.62. The highest BCUT2D eigenvalue weighted by Gasteiger charge is 2.30. The van der Waals surface area contributed by atoms with Gasteiger partial charge >= 0.3 is 0 Å². The number of carbonyl (C=O) groups excluding carboxylic acids is 1. The number of hydrogen-bond donors (Lipinski definition) is 2. The molecule has 0 unspecified atom stereocenters. The summed E-state index contributed by atoms with van der Waals surface area (Å²) in [6.45, 7) is 1.71. The number of nitrogens with two attached hydrogens (primary N) is 1. The van der Waals surface area contributed by atoms with E-state index in [0.717, 1.165) is 0 Å². The number of rotatable bonds is 3. The molecule has 0 spiro atoms. The van der Waals surface area contributed by atoms with Gasteiger partial charge in [-0.2, -0.15) is 0 Å². The average Bonchev–Trinajstić information content (AvgIpc) is 2.67. The second-order valence-corrected chi connectivity index (χ2v) is 6.40. The van der Waals surface area contributed by atoms with Gasteiger partial charge in [0.15, 0.2) is 0 Å². The van der Waals surface area contributed by atoms with E-state index < -0.39 is 11.9 Å². The topological polar surface area (TPSA) is 116 Å². The van der Waals surface area contributed by atoms with Crippen LogP contribution in [0, 0.1) is 12.7 Å². The van der Waals surface area contributed by atoms with Gasteiger partial charge in [-0.15, -0.1) is 0 Å². The van der Waals surface area contributed by atoms with Crippen LogP contribution in [0.25, 0.3) is 11.3 Å². The molecule has 1 amide bonds. The standard InChI is InChI=1S/C19H17FN6O2/c1-9-17-14(26-19(21)23-9)6-13(25-18(17)27)11-4-3-10(20)5-12(11)15-7-22-8-16(24-15)28-2/h3-5,7-8,13H,6H2,1-2H3,(H,25,27)(H2,21,23,26)/t13-/m1/s1. The molecule has 0 fully saturated rings. The highest BCUT2D eigenvalue weighted by molar-refractivity contribution is 5.98.